The zero-order valence-corrected chi connectivity index (χ0v) is 18.9. The molecule has 0 spiro atoms. The normalized spacial score (nSPS) is 11.8. The summed E-state index contributed by atoms with van der Waals surface area (Å²) in [5.74, 6) is 0.525. The molecule has 0 saturated heterocycles. The van der Waals surface area contributed by atoms with Crippen LogP contribution in [0.1, 0.15) is 44.6 Å². The first-order valence-corrected chi connectivity index (χ1v) is 11.5. The van der Waals surface area contributed by atoms with E-state index in [1.165, 1.54) is 37.7 Å². The van der Waals surface area contributed by atoms with Crippen molar-refractivity contribution in [3.8, 4) is 28.1 Å². The molecule has 0 fully saturated rings. The Balaban J connectivity index is 1.54. The van der Waals surface area contributed by atoms with Crippen LogP contribution in [-0.4, -0.2) is 17.8 Å². The third-order valence-corrected chi connectivity index (χ3v) is 5.42. The average Bonchev–Trinajstić information content (AvgIpc) is 2.82. The summed E-state index contributed by atoms with van der Waals surface area (Å²) in [5, 5.41) is 0. The van der Waals surface area contributed by atoms with Gasteiger partial charge in [-0.05, 0) is 53.8 Å². The maximum Gasteiger partial charge on any atom is 0.409 e. The van der Waals surface area contributed by atoms with E-state index in [1.54, 1.807) is 12.1 Å². The molecule has 3 rings (SSSR count). The van der Waals surface area contributed by atoms with Gasteiger partial charge in [0.1, 0.15) is 12.4 Å². The highest BCUT2D eigenvalue weighted by Gasteiger charge is 2.21. The second kappa shape index (κ2) is 12.2. The van der Waals surface area contributed by atoms with E-state index in [1.807, 2.05) is 30.5 Å². The highest BCUT2D eigenvalue weighted by atomic mass is 19.4. The number of halogens is 3. The Hall–Kier alpha value is -3.08. The predicted molar refractivity (Wildman–Crippen MR) is 128 cm³/mol. The molecule has 0 saturated carbocycles. The van der Waals surface area contributed by atoms with Crippen LogP contribution in [0.25, 0.3) is 22.4 Å². The van der Waals surface area contributed by atoms with E-state index in [4.69, 9.17) is 4.74 Å². The van der Waals surface area contributed by atoms with Crippen LogP contribution in [0.4, 0.5) is 13.2 Å². The monoisotopic (exact) mass is 453 g/mol. The summed E-state index contributed by atoms with van der Waals surface area (Å²) < 4.78 is 41.7. The van der Waals surface area contributed by atoms with Gasteiger partial charge in [0.2, 0.25) is 0 Å². The van der Waals surface area contributed by atoms with E-state index < -0.39 is 6.18 Å². The van der Waals surface area contributed by atoms with Gasteiger partial charge in [0.05, 0.1) is 5.69 Å². The molecule has 1 aromatic heterocycles. The van der Waals surface area contributed by atoms with Crippen molar-refractivity contribution in [2.24, 2.45) is 0 Å². The predicted octanol–water partition coefficient (Wildman–Crippen LogP) is 8.43. The number of benzene rings is 2. The van der Waals surface area contributed by atoms with Crippen molar-refractivity contribution in [2.75, 3.05) is 6.61 Å². The molecule has 3 aromatic rings. The molecule has 0 unspecified atom stereocenters. The molecule has 0 radical (unpaired) electrons. The van der Waals surface area contributed by atoms with Crippen LogP contribution in [0.5, 0.6) is 5.75 Å². The molecular formula is C28H30F3NO. The summed E-state index contributed by atoms with van der Waals surface area (Å²) in [4.78, 5) is 4.64. The molecule has 0 aliphatic heterocycles. The van der Waals surface area contributed by atoms with E-state index in [0.29, 0.717) is 5.75 Å². The van der Waals surface area contributed by atoms with Gasteiger partial charge in [0.15, 0.2) is 0 Å². The van der Waals surface area contributed by atoms with Crippen molar-refractivity contribution in [3.05, 3.63) is 84.6 Å². The maximum absolute atomic E-state index is 12.1. The van der Waals surface area contributed by atoms with E-state index >= 15 is 0 Å². The fourth-order valence-corrected chi connectivity index (χ4v) is 3.58. The Labute approximate surface area is 194 Å². The topological polar surface area (TPSA) is 22.1 Å². The number of aromatic nitrogens is 1. The average molecular weight is 454 g/mol. The van der Waals surface area contributed by atoms with Crippen molar-refractivity contribution in [1.29, 1.82) is 0 Å². The molecule has 5 heteroatoms. The summed E-state index contributed by atoms with van der Waals surface area (Å²) >= 11 is 0. The Morgan fingerprint density at radius 1 is 0.788 bits per heavy atom. The van der Waals surface area contributed by atoms with Gasteiger partial charge in [-0.1, -0.05) is 75.1 Å². The molecule has 0 aliphatic carbocycles. The lowest BCUT2D eigenvalue weighted by Gasteiger charge is -2.08. The molecular weight excluding hydrogens is 423 g/mol. The van der Waals surface area contributed by atoms with Crippen molar-refractivity contribution < 1.29 is 17.9 Å². The molecule has 0 amide bonds. The van der Waals surface area contributed by atoms with Gasteiger partial charge in [-0.15, -0.1) is 0 Å². The Bertz CT molecular complexity index is 991. The standard InChI is InChI=1S/C28H30F3NO/c1-2-3-4-5-6-8-22-9-18-27(32-21-22)25-12-10-23(11-13-25)24-14-16-26(17-15-24)33-20-7-19-28(29,30)31/h7,9-19,21H,2-6,8,20H2,1H3/b19-7+. The van der Waals surface area contributed by atoms with Crippen LogP contribution >= 0.6 is 0 Å². The quantitative estimate of drug-likeness (QED) is 0.215. The highest BCUT2D eigenvalue weighted by Crippen LogP contribution is 2.26. The van der Waals surface area contributed by atoms with Crippen molar-refractivity contribution in [1.82, 2.24) is 4.98 Å². The molecule has 2 nitrogen and oxygen atoms in total. The second-order valence-corrected chi connectivity index (χ2v) is 8.07. The van der Waals surface area contributed by atoms with Crippen molar-refractivity contribution in [2.45, 2.75) is 51.6 Å². The van der Waals surface area contributed by atoms with Crippen LogP contribution in [0.2, 0.25) is 0 Å². The smallest absolute Gasteiger partial charge is 0.409 e. The first-order valence-electron chi connectivity index (χ1n) is 11.5. The number of alkyl halides is 3. The molecule has 0 N–H and O–H groups in total. The van der Waals surface area contributed by atoms with E-state index in [0.717, 1.165) is 34.9 Å². The number of aryl methyl sites for hydroxylation is 1. The lowest BCUT2D eigenvalue weighted by molar-refractivity contribution is -0.0801. The van der Waals surface area contributed by atoms with Gasteiger partial charge in [0, 0.05) is 17.8 Å². The minimum Gasteiger partial charge on any atom is -0.490 e. The maximum atomic E-state index is 12.1. The Morgan fingerprint density at radius 2 is 1.42 bits per heavy atom. The lowest BCUT2D eigenvalue weighted by Crippen LogP contribution is -2.02. The summed E-state index contributed by atoms with van der Waals surface area (Å²) in [5.41, 5.74) is 5.34. The third-order valence-electron chi connectivity index (χ3n) is 5.42. The molecule has 0 atom stereocenters. The zero-order valence-electron chi connectivity index (χ0n) is 18.9. The van der Waals surface area contributed by atoms with E-state index in [-0.39, 0.29) is 12.7 Å². The third kappa shape index (κ3) is 8.41. The number of rotatable bonds is 11. The SMILES string of the molecule is CCCCCCCc1ccc(-c2ccc(-c3ccc(OC/C=C/C(F)(F)F)cc3)cc2)nc1. The van der Waals surface area contributed by atoms with Crippen LogP contribution in [0.3, 0.4) is 0 Å². The molecule has 2 aromatic carbocycles. The summed E-state index contributed by atoms with van der Waals surface area (Å²) in [6.45, 7) is 2.10. The van der Waals surface area contributed by atoms with Gasteiger partial charge in [-0.2, -0.15) is 13.2 Å². The summed E-state index contributed by atoms with van der Waals surface area (Å²) in [7, 11) is 0. The second-order valence-electron chi connectivity index (χ2n) is 8.07. The zero-order chi connectivity index (χ0) is 23.5. The van der Waals surface area contributed by atoms with E-state index in [2.05, 4.69) is 36.2 Å². The minimum absolute atomic E-state index is 0.127. The summed E-state index contributed by atoms with van der Waals surface area (Å²) in [6.07, 6.45) is 6.26. The fourth-order valence-electron chi connectivity index (χ4n) is 3.58. The van der Waals surface area contributed by atoms with Gasteiger partial charge >= 0.3 is 6.18 Å². The highest BCUT2D eigenvalue weighted by molar-refractivity contribution is 5.69. The summed E-state index contributed by atoms with van der Waals surface area (Å²) in [6, 6.07) is 19.7. The Kier molecular flexibility index (Phi) is 9.11. The van der Waals surface area contributed by atoms with Crippen LogP contribution in [-0.2, 0) is 6.42 Å². The Morgan fingerprint density at radius 3 is 2.03 bits per heavy atom. The van der Waals surface area contributed by atoms with Gasteiger partial charge in [-0.3, -0.25) is 4.98 Å². The van der Waals surface area contributed by atoms with Crippen LogP contribution < -0.4 is 4.74 Å². The molecule has 174 valence electrons. The molecule has 0 bridgehead atoms. The number of ether oxygens (including phenoxy) is 1. The van der Waals surface area contributed by atoms with Gasteiger partial charge in [0.25, 0.3) is 0 Å². The lowest BCUT2D eigenvalue weighted by atomic mass is 10.0. The van der Waals surface area contributed by atoms with Crippen LogP contribution in [0, 0.1) is 0 Å². The number of pyridine rings is 1. The first kappa shape index (κ1) is 24.6. The van der Waals surface area contributed by atoms with Crippen molar-refractivity contribution >= 4 is 0 Å². The van der Waals surface area contributed by atoms with Crippen LogP contribution in [0.15, 0.2) is 79.0 Å². The fraction of sp³-hybridized carbons (Fsp3) is 0.321. The number of unbranched alkanes of at least 4 members (excludes halogenated alkanes) is 4. The first-order chi connectivity index (χ1) is 15.9. The number of allylic oxidation sites excluding steroid dienone is 1. The molecule has 33 heavy (non-hydrogen) atoms. The molecule has 1 heterocycles. The number of hydrogen-bond donors (Lipinski definition) is 0. The van der Waals surface area contributed by atoms with E-state index in [9.17, 15) is 13.2 Å². The largest absolute Gasteiger partial charge is 0.490 e. The van der Waals surface area contributed by atoms with Crippen molar-refractivity contribution in [3.63, 3.8) is 0 Å². The number of nitrogens with zero attached hydrogens (tertiary/aromatic N) is 1. The van der Waals surface area contributed by atoms with Gasteiger partial charge in [-0.25, -0.2) is 0 Å². The molecule has 0 aliphatic rings. The minimum atomic E-state index is -4.31. The number of hydrogen-bond acceptors (Lipinski definition) is 2. The van der Waals surface area contributed by atoms with Gasteiger partial charge < -0.3 is 4.74 Å².